The van der Waals surface area contributed by atoms with E-state index < -0.39 is 0 Å². The molecule has 0 unspecified atom stereocenters. The highest BCUT2D eigenvalue weighted by molar-refractivity contribution is 7.13. The number of aryl methyl sites for hydroxylation is 1. The van der Waals surface area contributed by atoms with Crippen LogP contribution in [0.25, 0.3) is 0 Å². The third-order valence-corrected chi connectivity index (χ3v) is 6.07. The zero-order valence-corrected chi connectivity index (χ0v) is 13.6. The summed E-state index contributed by atoms with van der Waals surface area (Å²) in [6.07, 6.45) is 1.83. The maximum Gasteiger partial charge on any atom is 0.263 e. The molecule has 0 bridgehead atoms. The number of hydrogen-bond acceptors (Lipinski definition) is 5. The normalized spacial score (nSPS) is 27.0. The molecule has 22 heavy (non-hydrogen) atoms. The van der Waals surface area contributed by atoms with E-state index in [9.17, 15) is 9.90 Å². The number of aliphatic hydroxyl groups is 2. The summed E-state index contributed by atoms with van der Waals surface area (Å²) in [7, 11) is 0. The first-order chi connectivity index (χ1) is 10.6. The van der Waals surface area contributed by atoms with Crippen molar-refractivity contribution in [2.75, 3.05) is 26.3 Å². The first-order valence-electron chi connectivity index (χ1n) is 7.83. The molecule has 2 fully saturated rings. The van der Waals surface area contributed by atoms with E-state index in [0.717, 1.165) is 22.6 Å². The molecule has 5 nitrogen and oxygen atoms in total. The Balaban J connectivity index is 1.61. The fourth-order valence-electron chi connectivity index (χ4n) is 3.64. The number of carbonyl (C=O) groups excluding carboxylic acids is 1. The molecule has 1 amide bonds. The summed E-state index contributed by atoms with van der Waals surface area (Å²) >= 11 is 1.53. The van der Waals surface area contributed by atoms with Crippen LogP contribution in [0.4, 0.5) is 0 Å². The van der Waals surface area contributed by atoms with Crippen molar-refractivity contribution < 1.29 is 19.7 Å². The largest absolute Gasteiger partial charge is 0.394 e. The van der Waals surface area contributed by atoms with E-state index in [2.05, 4.69) is 0 Å². The molecule has 1 saturated heterocycles. The van der Waals surface area contributed by atoms with Gasteiger partial charge in [-0.05, 0) is 31.9 Å². The van der Waals surface area contributed by atoms with Crippen molar-refractivity contribution in [2.45, 2.75) is 38.4 Å². The molecule has 0 aromatic carbocycles. The molecule has 2 atom stereocenters. The standard InChI is InChI=1S/C16H23NO4S/c1-11-2-3-12(22-11)15(20)17-6-4-16(5-7-17)13(19)10-14(16)21-9-8-18/h2-3,13-14,18-19H,4-10H2,1H3/t13-,14+/m0/s1. The number of rotatable bonds is 4. The number of nitrogens with zero attached hydrogens (tertiary/aromatic N) is 1. The second-order valence-corrected chi connectivity index (χ2v) is 7.56. The van der Waals surface area contributed by atoms with Crippen LogP contribution in [0.1, 0.15) is 33.8 Å². The minimum Gasteiger partial charge on any atom is -0.394 e. The molecule has 6 heteroatoms. The van der Waals surface area contributed by atoms with Crippen molar-refractivity contribution in [3.05, 3.63) is 21.9 Å². The van der Waals surface area contributed by atoms with E-state index in [0.29, 0.717) is 26.1 Å². The number of aliphatic hydroxyl groups excluding tert-OH is 2. The zero-order valence-electron chi connectivity index (χ0n) is 12.8. The molecule has 3 rings (SSSR count). The summed E-state index contributed by atoms with van der Waals surface area (Å²) in [5.74, 6) is 0.0922. The van der Waals surface area contributed by atoms with Crippen molar-refractivity contribution in [1.82, 2.24) is 4.90 Å². The molecule has 2 N–H and O–H groups in total. The Morgan fingerprint density at radius 1 is 1.45 bits per heavy atom. The lowest BCUT2D eigenvalue weighted by atomic mass is 9.58. The minimum atomic E-state index is -0.350. The summed E-state index contributed by atoms with van der Waals surface area (Å²) in [4.78, 5) is 16.3. The third kappa shape index (κ3) is 2.69. The number of likely N-dealkylation sites (tertiary alicyclic amines) is 1. The Labute approximate surface area is 134 Å². The molecule has 122 valence electrons. The van der Waals surface area contributed by atoms with Crippen LogP contribution in [0.5, 0.6) is 0 Å². The molecular weight excluding hydrogens is 302 g/mol. The first kappa shape index (κ1) is 15.9. The van der Waals surface area contributed by atoms with Gasteiger partial charge in [0, 0.05) is 29.8 Å². The topological polar surface area (TPSA) is 70.0 Å². The van der Waals surface area contributed by atoms with Gasteiger partial charge in [0.15, 0.2) is 0 Å². The highest BCUT2D eigenvalue weighted by Crippen LogP contribution is 2.51. The van der Waals surface area contributed by atoms with Gasteiger partial charge in [0.05, 0.1) is 30.3 Å². The van der Waals surface area contributed by atoms with Crippen LogP contribution in [0.15, 0.2) is 12.1 Å². The van der Waals surface area contributed by atoms with Gasteiger partial charge in [-0.3, -0.25) is 4.79 Å². The summed E-state index contributed by atoms with van der Waals surface area (Å²) in [5, 5.41) is 19.1. The number of amides is 1. The second kappa shape index (κ2) is 6.28. The summed E-state index contributed by atoms with van der Waals surface area (Å²) < 4.78 is 5.66. The van der Waals surface area contributed by atoms with E-state index in [1.54, 1.807) is 0 Å². The second-order valence-electron chi connectivity index (χ2n) is 6.27. The summed E-state index contributed by atoms with van der Waals surface area (Å²) in [5.41, 5.74) is -0.225. The molecular formula is C16H23NO4S. The Morgan fingerprint density at radius 3 is 2.73 bits per heavy atom. The molecule has 2 heterocycles. The molecule has 1 aliphatic carbocycles. The zero-order chi connectivity index (χ0) is 15.7. The number of thiophene rings is 1. The Hall–Kier alpha value is -0.950. The van der Waals surface area contributed by atoms with Crippen LogP contribution < -0.4 is 0 Å². The van der Waals surface area contributed by atoms with E-state index >= 15 is 0 Å². The number of piperidine rings is 1. The Kier molecular flexibility index (Phi) is 4.54. The van der Waals surface area contributed by atoms with Gasteiger partial charge in [-0.2, -0.15) is 0 Å². The highest BCUT2D eigenvalue weighted by Gasteiger charge is 2.56. The minimum absolute atomic E-state index is 0.00498. The van der Waals surface area contributed by atoms with E-state index in [1.807, 2.05) is 24.0 Å². The quantitative estimate of drug-likeness (QED) is 0.878. The van der Waals surface area contributed by atoms with Crippen LogP contribution in [0, 0.1) is 12.3 Å². The van der Waals surface area contributed by atoms with Gasteiger partial charge in [0.1, 0.15) is 0 Å². The third-order valence-electron chi connectivity index (χ3n) is 5.09. The van der Waals surface area contributed by atoms with Gasteiger partial charge in [-0.15, -0.1) is 11.3 Å². The van der Waals surface area contributed by atoms with Crippen LogP contribution in [0.3, 0.4) is 0 Å². The van der Waals surface area contributed by atoms with Crippen LogP contribution in [0.2, 0.25) is 0 Å². The molecule has 1 aromatic rings. The van der Waals surface area contributed by atoms with Gasteiger partial charge in [-0.25, -0.2) is 0 Å². The molecule has 0 radical (unpaired) electrons. The number of carbonyl (C=O) groups is 1. The Bertz CT molecular complexity index is 536. The lowest BCUT2D eigenvalue weighted by Crippen LogP contribution is -2.62. The lowest BCUT2D eigenvalue weighted by Gasteiger charge is -2.56. The van der Waals surface area contributed by atoms with Gasteiger partial charge in [0.25, 0.3) is 5.91 Å². The van der Waals surface area contributed by atoms with Crippen LogP contribution in [-0.4, -0.2) is 59.5 Å². The van der Waals surface area contributed by atoms with E-state index in [-0.39, 0.29) is 30.1 Å². The Morgan fingerprint density at radius 2 is 2.18 bits per heavy atom. The number of ether oxygens (including phenoxy) is 1. The number of hydrogen-bond donors (Lipinski definition) is 2. The fraction of sp³-hybridized carbons (Fsp3) is 0.688. The van der Waals surface area contributed by atoms with Crippen molar-refractivity contribution in [3.63, 3.8) is 0 Å². The van der Waals surface area contributed by atoms with Crippen LogP contribution >= 0.6 is 11.3 Å². The monoisotopic (exact) mass is 325 g/mol. The van der Waals surface area contributed by atoms with E-state index in [1.165, 1.54) is 11.3 Å². The molecule has 1 spiro atoms. The van der Waals surface area contributed by atoms with Crippen molar-refractivity contribution in [1.29, 1.82) is 0 Å². The predicted octanol–water partition coefficient (Wildman–Crippen LogP) is 1.42. The molecule has 1 saturated carbocycles. The van der Waals surface area contributed by atoms with Gasteiger partial charge in [-0.1, -0.05) is 0 Å². The maximum atomic E-state index is 12.5. The summed E-state index contributed by atoms with van der Waals surface area (Å²) in [6, 6.07) is 3.86. The van der Waals surface area contributed by atoms with Crippen molar-refractivity contribution in [2.24, 2.45) is 5.41 Å². The predicted molar refractivity (Wildman–Crippen MR) is 84.1 cm³/mol. The summed E-state index contributed by atoms with van der Waals surface area (Å²) in [6.45, 7) is 3.64. The smallest absolute Gasteiger partial charge is 0.263 e. The van der Waals surface area contributed by atoms with Gasteiger partial charge in [0.2, 0.25) is 0 Å². The molecule has 1 aliphatic heterocycles. The lowest BCUT2D eigenvalue weighted by molar-refractivity contribution is -0.211. The first-order valence-corrected chi connectivity index (χ1v) is 8.65. The highest BCUT2D eigenvalue weighted by atomic mass is 32.1. The fourth-order valence-corrected chi connectivity index (χ4v) is 4.48. The van der Waals surface area contributed by atoms with Gasteiger partial charge >= 0.3 is 0 Å². The average molecular weight is 325 g/mol. The van der Waals surface area contributed by atoms with E-state index in [4.69, 9.17) is 9.84 Å². The van der Waals surface area contributed by atoms with Crippen molar-refractivity contribution >= 4 is 17.2 Å². The molecule has 1 aromatic heterocycles. The molecule has 2 aliphatic rings. The SMILES string of the molecule is Cc1ccc(C(=O)N2CCC3(CC2)[C@@H](O)C[C@H]3OCCO)s1. The maximum absolute atomic E-state index is 12.5. The van der Waals surface area contributed by atoms with Crippen molar-refractivity contribution in [3.8, 4) is 0 Å². The van der Waals surface area contributed by atoms with Crippen LogP contribution in [-0.2, 0) is 4.74 Å². The average Bonchev–Trinajstić information content (AvgIpc) is 2.97. The van der Waals surface area contributed by atoms with Gasteiger partial charge < -0.3 is 19.8 Å².